The van der Waals surface area contributed by atoms with Gasteiger partial charge in [0.2, 0.25) is 0 Å². The van der Waals surface area contributed by atoms with Crippen LogP contribution in [0.3, 0.4) is 0 Å². The number of aliphatic imine (C=N–C) groups is 1. The predicted octanol–water partition coefficient (Wildman–Crippen LogP) is 1.73. The number of likely N-dealkylation sites (N-methyl/N-ethyl adjacent to an activating group) is 1. The average molecular weight is 286 g/mol. The van der Waals surface area contributed by atoms with Crippen LogP contribution in [0.2, 0.25) is 0 Å². The Morgan fingerprint density at radius 1 is 1.47 bits per heavy atom. The first-order valence-corrected chi connectivity index (χ1v) is 8.18. The topological polar surface area (TPSA) is 30.9 Å². The maximum absolute atomic E-state index is 4.80. The number of thioether (sulfide) groups is 1. The van der Waals surface area contributed by atoms with Gasteiger partial charge in [0, 0.05) is 36.2 Å². The van der Waals surface area contributed by atoms with Gasteiger partial charge in [-0.05, 0) is 41.8 Å². The monoisotopic (exact) mass is 286 g/mol. The Hall–Kier alpha value is -0.420. The van der Waals surface area contributed by atoms with Gasteiger partial charge < -0.3 is 15.1 Å². The molecule has 1 rings (SSSR count). The van der Waals surface area contributed by atoms with Crippen molar-refractivity contribution in [2.24, 2.45) is 4.99 Å². The lowest BCUT2D eigenvalue weighted by atomic mass is 10.2. The quantitative estimate of drug-likeness (QED) is 0.630. The van der Waals surface area contributed by atoms with Gasteiger partial charge in [0.05, 0.1) is 6.54 Å². The largest absolute Gasteiger partial charge is 0.357 e. The molecule has 0 bridgehead atoms. The zero-order chi connectivity index (χ0) is 14.5. The minimum Gasteiger partial charge on any atom is -0.357 e. The first-order chi connectivity index (χ1) is 8.85. The molecule has 1 unspecified atom stereocenters. The van der Waals surface area contributed by atoms with Gasteiger partial charge in [-0.3, -0.25) is 4.99 Å². The van der Waals surface area contributed by atoms with Crippen LogP contribution in [0.4, 0.5) is 0 Å². The van der Waals surface area contributed by atoms with E-state index in [4.69, 9.17) is 4.99 Å². The third-order valence-electron chi connectivity index (χ3n) is 3.45. The number of guanidine groups is 1. The van der Waals surface area contributed by atoms with Crippen LogP contribution in [0.5, 0.6) is 0 Å². The molecular formula is C14H30N4S. The van der Waals surface area contributed by atoms with Crippen molar-refractivity contribution >= 4 is 17.7 Å². The molecular weight excluding hydrogens is 256 g/mol. The van der Waals surface area contributed by atoms with E-state index in [9.17, 15) is 0 Å². The number of nitrogens with one attached hydrogen (secondary N) is 1. The zero-order valence-corrected chi connectivity index (χ0v) is 14.2. The van der Waals surface area contributed by atoms with Crippen molar-refractivity contribution < 1.29 is 0 Å². The summed E-state index contributed by atoms with van der Waals surface area (Å²) >= 11 is 2.06. The van der Waals surface area contributed by atoms with Gasteiger partial charge in [0.15, 0.2) is 5.96 Å². The highest BCUT2D eigenvalue weighted by molar-refractivity contribution is 8.00. The standard InChI is InChI=1S/C14H30N4S/c1-7-15-13(16-10-12(2)17(5)6)18-8-9-19-14(3,4)11-18/h12H,7-11H2,1-6H3,(H,15,16). The van der Waals surface area contributed by atoms with Crippen LogP contribution in [-0.2, 0) is 0 Å². The van der Waals surface area contributed by atoms with Crippen molar-refractivity contribution in [3.05, 3.63) is 0 Å². The molecule has 1 aliphatic rings. The molecule has 0 aromatic carbocycles. The molecule has 1 N–H and O–H groups in total. The number of rotatable bonds is 4. The summed E-state index contributed by atoms with van der Waals surface area (Å²) in [6, 6.07) is 0.473. The minimum atomic E-state index is 0.321. The Labute approximate surface area is 123 Å². The van der Waals surface area contributed by atoms with E-state index in [0.29, 0.717) is 10.8 Å². The fraction of sp³-hybridized carbons (Fsp3) is 0.929. The molecule has 0 saturated carbocycles. The van der Waals surface area contributed by atoms with Crippen LogP contribution in [0.15, 0.2) is 4.99 Å². The molecule has 1 aliphatic heterocycles. The Morgan fingerprint density at radius 2 is 2.16 bits per heavy atom. The van der Waals surface area contributed by atoms with Crippen LogP contribution >= 0.6 is 11.8 Å². The summed E-state index contributed by atoms with van der Waals surface area (Å²) in [6.07, 6.45) is 0. The summed E-state index contributed by atoms with van der Waals surface area (Å²) in [7, 11) is 4.21. The van der Waals surface area contributed by atoms with Crippen LogP contribution in [0, 0.1) is 0 Å². The molecule has 5 heteroatoms. The highest BCUT2D eigenvalue weighted by Crippen LogP contribution is 2.29. The first-order valence-electron chi connectivity index (χ1n) is 7.19. The Kier molecular flexibility index (Phi) is 6.47. The van der Waals surface area contributed by atoms with Crippen LogP contribution < -0.4 is 5.32 Å². The lowest BCUT2D eigenvalue weighted by Gasteiger charge is -2.39. The maximum Gasteiger partial charge on any atom is 0.194 e. The van der Waals surface area contributed by atoms with Gasteiger partial charge in [-0.2, -0.15) is 11.8 Å². The highest BCUT2D eigenvalue weighted by atomic mass is 32.2. The molecule has 112 valence electrons. The van der Waals surface area contributed by atoms with Crippen molar-refractivity contribution in [3.63, 3.8) is 0 Å². The molecule has 1 heterocycles. The van der Waals surface area contributed by atoms with E-state index in [1.807, 2.05) is 0 Å². The summed E-state index contributed by atoms with van der Waals surface area (Å²) in [6.45, 7) is 12.9. The van der Waals surface area contributed by atoms with Crippen molar-refractivity contribution in [2.75, 3.05) is 46.0 Å². The van der Waals surface area contributed by atoms with Crippen LogP contribution in [-0.4, -0.2) is 72.6 Å². The molecule has 1 fully saturated rings. The normalized spacial score (nSPS) is 21.6. The van der Waals surface area contributed by atoms with E-state index in [-0.39, 0.29) is 0 Å². The van der Waals surface area contributed by atoms with Gasteiger partial charge in [-0.1, -0.05) is 0 Å². The van der Waals surface area contributed by atoms with Gasteiger partial charge in [-0.25, -0.2) is 0 Å². The first kappa shape index (κ1) is 16.6. The zero-order valence-electron chi connectivity index (χ0n) is 13.4. The Bertz CT molecular complexity index is 302. The molecule has 0 amide bonds. The smallest absolute Gasteiger partial charge is 0.194 e. The summed E-state index contributed by atoms with van der Waals surface area (Å²) in [5.74, 6) is 2.25. The molecule has 0 aliphatic carbocycles. The van der Waals surface area contributed by atoms with Crippen molar-refractivity contribution in [1.82, 2.24) is 15.1 Å². The number of hydrogen-bond acceptors (Lipinski definition) is 3. The lowest BCUT2D eigenvalue weighted by Crippen LogP contribution is -2.51. The molecule has 4 nitrogen and oxygen atoms in total. The highest BCUT2D eigenvalue weighted by Gasteiger charge is 2.28. The van der Waals surface area contributed by atoms with Crippen LogP contribution in [0.1, 0.15) is 27.7 Å². The fourth-order valence-electron chi connectivity index (χ4n) is 2.00. The molecule has 0 aromatic rings. The number of hydrogen-bond donors (Lipinski definition) is 1. The molecule has 1 atom stereocenters. The van der Waals surface area contributed by atoms with E-state index in [1.54, 1.807) is 0 Å². The predicted molar refractivity (Wildman–Crippen MR) is 87.2 cm³/mol. The maximum atomic E-state index is 4.80. The minimum absolute atomic E-state index is 0.321. The van der Waals surface area contributed by atoms with Crippen molar-refractivity contribution in [2.45, 2.75) is 38.5 Å². The van der Waals surface area contributed by atoms with E-state index in [1.165, 1.54) is 5.75 Å². The Morgan fingerprint density at radius 3 is 2.68 bits per heavy atom. The lowest BCUT2D eigenvalue weighted by molar-refractivity contribution is 0.317. The molecule has 19 heavy (non-hydrogen) atoms. The Balaban J connectivity index is 2.68. The van der Waals surface area contributed by atoms with E-state index in [0.717, 1.165) is 32.1 Å². The van der Waals surface area contributed by atoms with E-state index in [2.05, 4.69) is 68.7 Å². The summed E-state index contributed by atoms with van der Waals surface area (Å²) in [5.41, 5.74) is 0. The second-order valence-corrected chi connectivity index (χ2v) is 7.84. The molecule has 0 radical (unpaired) electrons. The summed E-state index contributed by atoms with van der Waals surface area (Å²) in [5, 5.41) is 3.43. The summed E-state index contributed by atoms with van der Waals surface area (Å²) in [4.78, 5) is 9.42. The third kappa shape index (κ3) is 5.61. The third-order valence-corrected chi connectivity index (χ3v) is 4.74. The average Bonchev–Trinajstić information content (AvgIpc) is 2.32. The fourth-order valence-corrected chi connectivity index (χ4v) is 3.12. The van der Waals surface area contributed by atoms with Crippen molar-refractivity contribution in [3.8, 4) is 0 Å². The van der Waals surface area contributed by atoms with Gasteiger partial charge in [0.25, 0.3) is 0 Å². The van der Waals surface area contributed by atoms with Crippen LogP contribution in [0.25, 0.3) is 0 Å². The molecule has 0 spiro atoms. The van der Waals surface area contributed by atoms with Gasteiger partial charge in [0.1, 0.15) is 0 Å². The van der Waals surface area contributed by atoms with Gasteiger partial charge >= 0.3 is 0 Å². The summed E-state index contributed by atoms with van der Waals surface area (Å²) < 4.78 is 0.321. The van der Waals surface area contributed by atoms with E-state index < -0.39 is 0 Å². The second-order valence-electron chi connectivity index (χ2n) is 6.04. The van der Waals surface area contributed by atoms with Crippen molar-refractivity contribution in [1.29, 1.82) is 0 Å². The molecule has 0 aromatic heterocycles. The van der Waals surface area contributed by atoms with E-state index >= 15 is 0 Å². The number of nitrogens with zero attached hydrogens (tertiary/aromatic N) is 3. The SMILES string of the molecule is CCNC(=NCC(C)N(C)C)N1CCSC(C)(C)C1. The van der Waals surface area contributed by atoms with Gasteiger partial charge in [-0.15, -0.1) is 0 Å². The molecule has 1 saturated heterocycles. The second kappa shape index (κ2) is 7.39.